The van der Waals surface area contributed by atoms with Crippen molar-refractivity contribution < 1.29 is 4.74 Å². The van der Waals surface area contributed by atoms with E-state index in [2.05, 4.69) is 12.2 Å². The summed E-state index contributed by atoms with van der Waals surface area (Å²) in [5.41, 5.74) is 1.79. The lowest BCUT2D eigenvalue weighted by Crippen LogP contribution is -2.32. The normalized spacial score (nSPS) is 21.9. The molecule has 1 spiro atoms. The Kier molecular flexibility index (Phi) is 3.19. The second-order valence-corrected chi connectivity index (χ2v) is 6.22. The lowest BCUT2D eigenvalue weighted by molar-refractivity contribution is 0.0493. The summed E-state index contributed by atoms with van der Waals surface area (Å²) in [7, 11) is 0. The Balaban J connectivity index is 1.83. The average molecular weight is 252 g/mol. The summed E-state index contributed by atoms with van der Waals surface area (Å²) in [4.78, 5) is 6.45. The summed E-state index contributed by atoms with van der Waals surface area (Å²) < 4.78 is 5.51. The first-order chi connectivity index (χ1) is 8.34. The lowest BCUT2D eigenvalue weighted by Gasteiger charge is -2.32. The number of hydrogen-bond acceptors (Lipinski definition) is 4. The number of aromatic nitrogens is 1. The van der Waals surface area contributed by atoms with Crippen molar-refractivity contribution in [2.24, 2.45) is 0 Å². The maximum Gasteiger partial charge on any atom is 0.107 e. The maximum atomic E-state index is 5.51. The number of nitrogens with one attached hydrogen (secondary N) is 1. The molecule has 1 aliphatic heterocycles. The molecule has 1 aromatic heterocycles. The fourth-order valence-corrected chi connectivity index (χ4v) is 4.17. The second-order valence-electron chi connectivity index (χ2n) is 5.05. The van der Waals surface area contributed by atoms with E-state index in [0.717, 1.165) is 26.3 Å². The van der Waals surface area contributed by atoms with Gasteiger partial charge in [-0.2, -0.15) is 0 Å². The first-order valence-corrected chi connectivity index (χ1v) is 7.43. The maximum absolute atomic E-state index is 5.51. The first kappa shape index (κ1) is 11.6. The molecule has 3 nitrogen and oxygen atoms in total. The Morgan fingerprint density at radius 3 is 2.94 bits per heavy atom. The van der Waals surface area contributed by atoms with E-state index < -0.39 is 0 Å². The average Bonchev–Trinajstić information content (AvgIpc) is 2.90. The molecule has 4 heteroatoms. The van der Waals surface area contributed by atoms with Gasteiger partial charge in [0.15, 0.2) is 0 Å². The third kappa shape index (κ3) is 2.02. The van der Waals surface area contributed by atoms with Crippen molar-refractivity contribution in [3.63, 3.8) is 0 Å². The first-order valence-electron chi connectivity index (χ1n) is 6.61. The molecule has 1 saturated heterocycles. The number of fused-ring (bicyclic) bond motifs is 2. The Morgan fingerprint density at radius 2 is 2.18 bits per heavy atom. The molecule has 0 atom stereocenters. The SMILES string of the molecule is CCNCc1nc2c(s1)CCC21CCOCC1. The molecule has 0 amide bonds. The van der Waals surface area contributed by atoms with Crippen LogP contribution in [0.2, 0.25) is 0 Å². The molecule has 0 aromatic carbocycles. The van der Waals surface area contributed by atoms with E-state index >= 15 is 0 Å². The van der Waals surface area contributed by atoms with Gasteiger partial charge in [0, 0.05) is 30.1 Å². The summed E-state index contributed by atoms with van der Waals surface area (Å²) in [6.07, 6.45) is 4.87. The predicted octanol–water partition coefficient (Wildman–Crippen LogP) is 2.25. The summed E-state index contributed by atoms with van der Waals surface area (Å²) in [6, 6.07) is 0. The van der Waals surface area contributed by atoms with E-state index in [-0.39, 0.29) is 0 Å². The van der Waals surface area contributed by atoms with Crippen LogP contribution in [0.1, 0.15) is 41.8 Å². The van der Waals surface area contributed by atoms with Gasteiger partial charge >= 0.3 is 0 Å². The second kappa shape index (κ2) is 4.67. The molecule has 1 aliphatic carbocycles. The number of thiazole rings is 1. The zero-order valence-corrected chi connectivity index (χ0v) is 11.2. The molecule has 2 aliphatic rings. The fourth-order valence-electron chi connectivity index (χ4n) is 3.01. The van der Waals surface area contributed by atoms with Gasteiger partial charge in [0.25, 0.3) is 0 Å². The minimum Gasteiger partial charge on any atom is -0.381 e. The molecule has 1 fully saturated rings. The van der Waals surface area contributed by atoms with Crippen LogP contribution in [0.4, 0.5) is 0 Å². The predicted molar refractivity (Wildman–Crippen MR) is 69.5 cm³/mol. The van der Waals surface area contributed by atoms with E-state index in [1.807, 2.05) is 11.3 Å². The highest BCUT2D eigenvalue weighted by Crippen LogP contribution is 2.47. The highest BCUT2D eigenvalue weighted by atomic mass is 32.1. The van der Waals surface area contributed by atoms with Crippen molar-refractivity contribution >= 4 is 11.3 Å². The standard InChI is InChI=1S/C13H20N2OS/c1-2-14-9-11-15-12-10(17-11)3-4-13(12)5-7-16-8-6-13/h14H,2-9H2,1H3. The summed E-state index contributed by atoms with van der Waals surface area (Å²) in [6.45, 7) is 5.92. The summed E-state index contributed by atoms with van der Waals surface area (Å²) in [5.74, 6) is 0. The number of ether oxygens (including phenoxy) is 1. The van der Waals surface area contributed by atoms with Gasteiger partial charge in [-0.25, -0.2) is 4.98 Å². The molecule has 0 bridgehead atoms. The summed E-state index contributed by atoms with van der Waals surface area (Å²) in [5, 5.41) is 4.63. The molecular weight excluding hydrogens is 232 g/mol. The highest BCUT2D eigenvalue weighted by molar-refractivity contribution is 7.11. The molecule has 1 N–H and O–H groups in total. The van der Waals surface area contributed by atoms with Gasteiger partial charge in [-0.15, -0.1) is 11.3 Å². The smallest absolute Gasteiger partial charge is 0.107 e. The largest absolute Gasteiger partial charge is 0.381 e. The minimum atomic E-state index is 0.370. The van der Waals surface area contributed by atoms with Gasteiger partial charge in [-0.05, 0) is 32.2 Å². The topological polar surface area (TPSA) is 34.2 Å². The number of hydrogen-bond donors (Lipinski definition) is 1. The zero-order chi connectivity index (χ0) is 11.7. The molecule has 94 valence electrons. The van der Waals surface area contributed by atoms with Gasteiger partial charge in [0.05, 0.1) is 5.69 Å². The van der Waals surface area contributed by atoms with Crippen LogP contribution in [-0.2, 0) is 23.1 Å². The third-order valence-electron chi connectivity index (χ3n) is 4.05. The van der Waals surface area contributed by atoms with Crippen molar-refractivity contribution in [3.05, 3.63) is 15.6 Å². The fraction of sp³-hybridized carbons (Fsp3) is 0.769. The third-order valence-corrected chi connectivity index (χ3v) is 5.17. The van der Waals surface area contributed by atoms with Crippen molar-refractivity contribution in [2.45, 2.75) is 44.6 Å². The molecule has 0 unspecified atom stereocenters. The van der Waals surface area contributed by atoms with Crippen LogP contribution in [0.15, 0.2) is 0 Å². The Labute approximate surface area is 107 Å². The van der Waals surface area contributed by atoms with Crippen molar-refractivity contribution in [1.29, 1.82) is 0 Å². The molecule has 1 aromatic rings. The minimum absolute atomic E-state index is 0.370. The van der Waals surface area contributed by atoms with E-state index in [0.29, 0.717) is 5.41 Å². The highest BCUT2D eigenvalue weighted by Gasteiger charge is 2.42. The quantitative estimate of drug-likeness (QED) is 0.896. The lowest BCUT2D eigenvalue weighted by atomic mass is 9.78. The molecule has 17 heavy (non-hydrogen) atoms. The molecule has 0 radical (unpaired) electrons. The van der Waals surface area contributed by atoms with Crippen molar-refractivity contribution in [3.8, 4) is 0 Å². The van der Waals surface area contributed by atoms with Crippen LogP contribution in [0, 0.1) is 0 Å². The van der Waals surface area contributed by atoms with E-state index in [1.165, 1.54) is 36.4 Å². The molecule has 3 rings (SSSR count). The van der Waals surface area contributed by atoms with Crippen LogP contribution in [0.25, 0.3) is 0 Å². The van der Waals surface area contributed by atoms with Gasteiger partial charge in [-0.3, -0.25) is 0 Å². The Morgan fingerprint density at radius 1 is 1.35 bits per heavy atom. The summed E-state index contributed by atoms with van der Waals surface area (Å²) >= 11 is 1.92. The van der Waals surface area contributed by atoms with Crippen molar-refractivity contribution in [2.75, 3.05) is 19.8 Å². The van der Waals surface area contributed by atoms with Crippen LogP contribution < -0.4 is 5.32 Å². The van der Waals surface area contributed by atoms with Gasteiger partial charge in [-0.1, -0.05) is 6.92 Å². The van der Waals surface area contributed by atoms with Gasteiger partial charge in [0.2, 0.25) is 0 Å². The van der Waals surface area contributed by atoms with Gasteiger partial charge < -0.3 is 10.1 Å². The van der Waals surface area contributed by atoms with Crippen LogP contribution >= 0.6 is 11.3 Å². The van der Waals surface area contributed by atoms with Crippen LogP contribution in [0.5, 0.6) is 0 Å². The number of rotatable bonds is 3. The van der Waals surface area contributed by atoms with Crippen molar-refractivity contribution in [1.82, 2.24) is 10.3 Å². The Hall–Kier alpha value is -0.450. The van der Waals surface area contributed by atoms with E-state index in [4.69, 9.17) is 9.72 Å². The Bertz CT molecular complexity index is 396. The van der Waals surface area contributed by atoms with E-state index in [1.54, 1.807) is 4.88 Å². The molecular formula is C13H20N2OS. The van der Waals surface area contributed by atoms with Crippen LogP contribution in [0.3, 0.4) is 0 Å². The monoisotopic (exact) mass is 252 g/mol. The number of nitrogens with zero attached hydrogens (tertiary/aromatic N) is 1. The number of aryl methyl sites for hydroxylation is 1. The van der Waals surface area contributed by atoms with Gasteiger partial charge in [0.1, 0.15) is 5.01 Å². The zero-order valence-electron chi connectivity index (χ0n) is 10.4. The molecule has 2 heterocycles. The van der Waals surface area contributed by atoms with E-state index in [9.17, 15) is 0 Å². The van der Waals surface area contributed by atoms with Crippen LogP contribution in [-0.4, -0.2) is 24.7 Å². The molecule has 0 saturated carbocycles.